The fourth-order valence-electron chi connectivity index (χ4n) is 2.53. The fraction of sp³-hybridized carbons (Fsp3) is 0.471. The summed E-state index contributed by atoms with van der Waals surface area (Å²) in [6, 6.07) is 6.82. The summed E-state index contributed by atoms with van der Waals surface area (Å²) in [7, 11) is 0. The highest BCUT2D eigenvalue weighted by atomic mass is 127. The number of hydrogen-bond donors (Lipinski definition) is 2. The fourth-order valence-corrected chi connectivity index (χ4v) is 3.06. The number of urea groups is 1. The van der Waals surface area contributed by atoms with E-state index in [0.29, 0.717) is 18.0 Å². The zero-order valence-electron chi connectivity index (χ0n) is 14.1. The summed E-state index contributed by atoms with van der Waals surface area (Å²) >= 11 is 2.11. The van der Waals surface area contributed by atoms with E-state index in [-0.39, 0.29) is 12.5 Å². The summed E-state index contributed by atoms with van der Waals surface area (Å²) in [4.78, 5) is 37.9. The van der Waals surface area contributed by atoms with E-state index >= 15 is 0 Å². The summed E-state index contributed by atoms with van der Waals surface area (Å²) in [5.74, 6) is -0.300. The highest BCUT2D eigenvalue weighted by Crippen LogP contribution is 2.25. The van der Waals surface area contributed by atoms with E-state index in [4.69, 9.17) is 0 Å². The largest absolute Gasteiger partial charge is 0.325 e. The molecule has 1 fully saturated rings. The number of hydrogen-bond acceptors (Lipinski definition) is 3. The van der Waals surface area contributed by atoms with E-state index in [1.807, 2.05) is 18.2 Å². The van der Waals surface area contributed by atoms with Crippen LogP contribution in [0.4, 0.5) is 10.5 Å². The SMILES string of the molecule is CC(C)CC[C@]1(C)NC(=O)N(CC(=O)Nc2ccccc2I)C1=O. The summed E-state index contributed by atoms with van der Waals surface area (Å²) in [6.07, 6.45) is 1.38. The molecule has 0 aromatic heterocycles. The van der Waals surface area contributed by atoms with Crippen molar-refractivity contribution < 1.29 is 14.4 Å². The van der Waals surface area contributed by atoms with Gasteiger partial charge in [-0.1, -0.05) is 26.0 Å². The van der Waals surface area contributed by atoms with Crippen molar-refractivity contribution in [1.82, 2.24) is 10.2 Å². The predicted molar refractivity (Wildman–Crippen MR) is 101 cm³/mol. The lowest BCUT2D eigenvalue weighted by Gasteiger charge is -2.22. The van der Waals surface area contributed by atoms with Gasteiger partial charge in [-0.15, -0.1) is 0 Å². The van der Waals surface area contributed by atoms with Crippen LogP contribution in [0, 0.1) is 9.49 Å². The molecular formula is C17H22IN3O3. The normalized spacial score (nSPS) is 20.5. The predicted octanol–water partition coefficient (Wildman–Crippen LogP) is 2.98. The molecule has 24 heavy (non-hydrogen) atoms. The van der Waals surface area contributed by atoms with Crippen LogP contribution in [0.1, 0.15) is 33.6 Å². The Morgan fingerprint density at radius 2 is 2.00 bits per heavy atom. The van der Waals surface area contributed by atoms with Crippen LogP contribution in [0.25, 0.3) is 0 Å². The second kappa shape index (κ2) is 7.50. The number of carbonyl (C=O) groups is 3. The van der Waals surface area contributed by atoms with E-state index in [1.54, 1.807) is 13.0 Å². The number of para-hydroxylation sites is 1. The number of amides is 4. The van der Waals surface area contributed by atoms with E-state index < -0.39 is 17.5 Å². The summed E-state index contributed by atoms with van der Waals surface area (Å²) in [5.41, 5.74) is -0.263. The Morgan fingerprint density at radius 1 is 1.33 bits per heavy atom. The summed E-state index contributed by atoms with van der Waals surface area (Å²) < 4.78 is 0.891. The van der Waals surface area contributed by atoms with Crippen LogP contribution < -0.4 is 10.6 Å². The first-order chi connectivity index (χ1) is 11.2. The Hall–Kier alpha value is -1.64. The van der Waals surface area contributed by atoms with Gasteiger partial charge in [0.15, 0.2) is 0 Å². The lowest BCUT2D eigenvalue weighted by Crippen LogP contribution is -2.44. The molecule has 1 heterocycles. The molecule has 0 spiro atoms. The molecule has 1 saturated heterocycles. The third-order valence-electron chi connectivity index (χ3n) is 4.02. The average molecular weight is 443 g/mol. The highest BCUT2D eigenvalue weighted by Gasteiger charge is 2.47. The van der Waals surface area contributed by atoms with Gasteiger partial charge in [-0.3, -0.25) is 14.5 Å². The maximum Gasteiger partial charge on any atom is 0.325 e. The standard InChI is InChI=1S/C17H22IN3O3/c1-11(2)8-9-17(3)15(23)21(16(24)20-17)10-14(22)19-13-7-5-4-6-12(13)18/h4-7,11H,8-10H2,1-3H3,(H,19,22)(H,20,24)/t17-/m0/s1. The van der Waals surface area contributed by atoms with Gasteiger partial charge in [0.1, 0.15) is 12.1 Å². The molecule has 0 aliphatic carbocycles. The molecular weight excluding hydrogens is 421 g/mol. The lowest BCUT2D eigenvalue weighted by molar-refractivity contribution is -0.133. The first kappa shape index (κ1) is 18.7. The number of nitrogens with one attached hydrogen (secondary N) is 2. The van der Waals surface area contributed by atoms with E-state index in [2.05, 4.69) is 47.1 Å². The number of nitrogens with zero attached hydrogens (tertiary/aromatic N) is 1. The van der Waals surface area contributed by atoms with Crippen molar-refractivity contribution in [1.29, 1.82) is 0 Å². The van der Waals surface area contributed by atoms with Gasteiger partial charge in [0.25, 0.3) is 5.91 Å². The molecule has 130 valence electrons. The van der Waals surface area contributed by atoms with Gasteiger partial charge in [0.2, 0.25) is 5.91 Å². The molecule has 0 bridgehead atoms. The van der Waals surface area contributed by atoms with Crippen molar-refractivity contribution in [2.45, 2.75) is 39.2 Å². The molecule has 1 aromatic carbocycles. The van der Waals surface area contributed by atoms with Crippen LogP contribution >= 0.6 is 22.6 Å². The molecule has 2 rings (SSSR count). The van der Waals surface area contributed by atoms with Gasteiger partial charge in [-0.05, 0) is 60.4 Å². The van der Waals surface area contributed by atoms with Gasteiger partial charge in [0.05, 0.1) is 5.69 Å². The van der Waals surface area contributed by atoms with Crippen molar-refractivity contribution in [3.05, 3.63) is 27.8 Å². The summed E-state index contributed by atoms with van der Waals surface area (Å²) in [6.45, 7) is 5.56. The van der Waals surface area contributed by atoms with E-state index in [0.717, 1.165) is 14.9 Å². The average Bonchev–Trinajstić information content (AvgIpc) is 2.72. The minimum absolute atomic E-state index is 0.285. The first-order valence-electron chi connectivity index (χ1n) is 7.91. The van der Waals surface area contributed by atoms with Crippen molar-refractivity contribution in [3.63, 3.8) is 0 Å². The maximum atomic E-state index is 12.6. The summed E-state index contributed by atoms with van der Waals surface area (Å²) in [5, 5.41) is 5.46. The maximum absolute atomic E-state index is 12.6. The topological polar surface area (TPSA) is 78.5 Å². The molecule has 0 saturated carbocycles. The molecule has 6 nitrogen and oxygen atoms in total. The Labute approximate surface area is 155 Å². The number of benzene rings is 1. The zero-order chi connectivity index (χ0) is 17.9. The van der Waals surface area contributed by atoms with Crippen molar-refractivity contribution in [2.24, 2.45) is 5.92 Å². The molecule has 2 N–H and O–H groups in total. The second-order valence-corrected chi connectivity index (χ2v) is 7.78. The lowest BCUT2D eigenvalue weighted by atomic mass is 9.92. The molecule has 4 amide bonds. The minimum atomic E-state index is -0.928. The number of anilines is 1. The Balaban J connectivity index is 2.02. The highest BCUT2D eigenvalue weighted by molar-refractivity contribution is 14.1. The number of carbonyl (C=O) groups excluding carboxylic acids is 3. The number of imide groups is 1. The van der Waals surface area contributed by atoms with Gasteiger partial charge in [0, 0.05) is 3.57 Å². The van der Waals surface area contributed by atoms with Crippen molar-refractivity contribution in [2.75, 3.05) is 11.9 Å². The van der Waals surface area contributed by atoms with Crippen LogP contribution in [-0.4, -0.2) is 34.8 Å². The third-order valence-corrected chi connectivity index (χ3v) is 4.96. The number of halogens is 1. The van der Waals surface area contributed by atoms with Crippen molar-refractivity contribution >= 4 is 46.1 Å². The molecule has 1 aliphatic heterocycles. The van der Waals surface area contributed by atoms with Gasteiger partial charge < -0.3 is 10.6 Å². The molecule has 1 aromatic rings. The van der Waals surface area contributed by atoms with Gasteiger partial charge in [-0.2, -0.15) is 0 Å². The smallest absolute Gasteiger partial charge is 0.324 e. The molecule has 1 aliphatic rings. The van der Waals surface area contributed by atoms with Crippen molar-refractivity contribution in [3.8, 4) is 0 Å². The van der Waals surface area contributed by atoms with Crippen LogP contribution in [0.3, 0.4) is 0 Å². The van der Waals surface area contributed by atoms with Gasteiger partial charge >= 0.3 is 6.03 Å². The second-order valence-electron chi connectivity index (χ2n) is 6.61. The van der Waals surface area contributed by atoms with Gasteiger partial charge in [-0.25, -0.2) is 4.79 Å². The molecule has 0 unspecified atom stereocenters. The quantitative estimate of drug-likeness (QED) is 0.524. The van der Waals surface area contributed by atoms with Crippen LogP contribution in [0.15, 0.2) is 24.3 Å². The van der Waals surface area contributed by atoms with E-state index in [9.17, 15) is 14.4 Å². The van der Waals surface area contributed by atoms with Crippen LogP contribution in [-0.2, 0) is 9.59 Å². The minimum Gasteiger partial charge on any atom is -0.324 e. The first-order valence-corrected chi connectivity index (χ1v) is 8.99. The van der Waals surface area contributed by atoms with Crippen LogP contribution in [0.5, 0.6) is 0 Å². The Kier molecular flexibility index (Phi) is 5.84. The monoisotopic (exact) mass is 443 g/mol. The Morgan fingerprint density at radius 3 is 2.62 bits per heavy atom. The van der Waals surface area contributed by atoms with Crippen LogP contribution in [0.2, 0.25) is 0 Å². The Bertz CT molecular complexity index is 662. The molecule has 0 radical (unpaired) electrons. The number of rotatable bonds is 6. The molecule has 7 heteroatoms. The zero-order valence-corrected chi connectivity index (χ0v) is 16.2. The molecule has 1 atom stereocenters. The third kappa shape index (κ3) is 4.25. The van der Waals surface area contributed by atoms with E-state index in [1.165, 1.54) is 0 Å².